The van der Waals surface area contributed by atoms with Gasteiger partial charge in [-0.15, -0.1) is 0 Å². The molecule has 0 aromatic heterocycles. The number of rotatable bonds is 11. The van der Waals surface area contributed by atoms with Crippen LogP contribution in [0, 0.1) is 5.92 Å². The van der Waals surface area contributed by atoms with Crippen LogP contribution in [0.2, 0.25) is 6.04 Å². The van der Waals surface area contributed by atoms with Gasteiger partial charge in [0.25, 0.3) is 0 Å². The molecule has 1 heterocycles. The van der Waals surface area contributed by atoms with Crippen molar-refractivity contribution in [3.05, 3.63) is 0 Å². The molecule has 1 saturated carbocycles. The van der Waals surface area contributed by atoms with Crippen LogP contribution in [0.25, 0.3) is 0 Å². The Kier molecular flexibility index (Phi) is 7.15. The van der Waals surface area contributed by atoms with Crippen LogP contribution in [0.5, 0.6) is 0 Å². The molecule has 1 aliphatic heterocycles. The van der Waals surface area contributed by atoms with E-state index in [1.807, 2.05) is 20.8 Å². The van der Waals surface area contributed by atoms with E-state index in [0.717, 1.165) is 18.4 Å². The second-order valence-corrected chi connectivity index (χ2v) is 8.79. The molecule has 0 N–H and O–H groups in total. The van der Waals surface area contributed by atoms with Crippen LogP contribution in [0.1, 0.15) is 59.3 Å². The topological polar surface area (TPSA) is 40.2 Å². The van der Waals surface area contributed by atoms with Gasteiger partial charge in [0.1, 0.15) is 0 Å². The van der Waals surface area contributed by atoms with Gasteiger partial charge in [-0.3, -0.25) is 0 Å². The van der Waals surface area contributed by atoms with Gasteiger partial charge in [-0.1, -0.05) is 12.8 Å². The molecular formula is C16H32O4Si. The minimum Gasteiger partial charge on any atom is -0.374 e. The van der Waals surface area contributed by atoms with Crippen molar-refractivity contribution in [3.63, 3.8) is 0 Å². The first kappa shape index (κ1) is 17.4. The number of hydrogen-bond acceptors (Lipinski definition) is 4. The molecule has 1 aliphatic carbocycles. The Morgan fingerprint density at radius 3 is 2.24 bits per heavy atom. The molecule has 2 fully saturated rings. The summed E-state index contributed by atoms with van der Waals surface area (Å²) in [7, 11) is -2.42. The molecular weight excluding hydrogens is 284 g/mol. The molecule has 3 unspecified atom stereocenters. The highest BCUT2D eigenvalue weighted by atomic mass is 28.4. The van der Waals surface area contributed by atoms with Gasteiger partial charge in [-0.2, -0.15) is 0 Å². The molecule has 3 atom stereocenters. The van der Waals surface area contributed by atoms with Crippen molar-refractivity contribution in [3.8, 4) is 0 Å². The summed E-state index contributed by atoms with van der Waals surface area (Å²) in [5.41, 5.74) is 0. The fourth-order valence-electron chi connectivity index (χ4n) is 3.61. The van der Waals surface area contributed by atoms with E-state index in [1.54, 1.807) is 0 Å². The van der Waals surface area contributed by atoms with Gasteiger partial charge in [0, 0.05) is 25.9 Å². The first-order chi connectivity index (χ1) is 10.2. The van der Waals surface area contributed by atoms with Crippen molar-refractivity contribution in [2.45, 2.75) is 77.5 Å². The molecule has 0 aromatic rings. The van der Waals surface area contributed by atoms with Gasteiger partial charge in [-0.05, 0) is 52.4 Å². The van der Waals surface area contributed by atoms with E-state index in [1.165, 1.54) is 32.1 Å². The average Bonchev–Trinajstić information content (AvgIpc) is 3.24. The maximum Gasteiger partial charge on any atom is 0.500 e. The van der Waals surface area contributed by atoms with Crippen LogP contribution >= 0.6 is 0 Å². The fraction of sp³-hybridized carbons (Fsp3) is 1.00. The SMILES string of the molecule is CCO[Si](CCCCC1CCCC2OC12)(OCC)OCC. The third-order valence-corrected chi connectivity index (χ3v) is 7.70. The summed E-state index contributed by atoms with van der Waals surface area (Å²) in [5.74, 6) is 0.797. The van der Waals surface area contributed by atoms with Crippen LogP contribution in [-0.2, 0) is 18.0 Å². The van der Waals surface area contributed by atoms with Crippen molar-refractivity contribution in [1.82, 2.24) is 0 Å². The summed E-state index contributed by atoms with van der Waals surface area (Å²) < 4.78 is 23.4. The first-order valence-electron chi connectivity index (χ1n) is 8.82. The standard InChI is InChI=1S/C16H32O4Si/c1-4-17-21(18-5-2,19-6-3)13-8-7-10-14-11-9-12-15-16(14)20-15/h14-16H,4-13H2,1-3H3. The number of hydrogen-bond donors (Lipinski definition) is 0. The Bertz CT molecular complexity index is 283. The monoisotopic (exact) mass is 316 g/mol. The summed E-state index contributed by atoms with van der Waals surface area (Å²) in [6.45, 7) is 8.08. The van der Waals surface area contributed by atoms with Crippen molar-refractivity contribution in [2.24, 2.45) is 5.92 Å². The van der Waals surface area contributed by atoms with Crippen LogP contribution in [0.15, 0.2) is 0 Å². The smallest absolute Gasteiger partial charge is 0.374 e. The summed E-state index contributed by atoms with van der Waals surface area (Å²) >= 11 is 0. The molecule has 0 spiro atoms. The third kappa shape index (κ3) is 5.03. The highest BCUT2D eigenvalue weighted by molar-refractivity contribution is 6.60. The lowest BCUT2D eigenvalue weighted by Crippen LogP contribution is -2.45. The van der Waals surface area contributed by atoms with Crippen molar-refractivity contribution in [1.29, 1.82) is 0 Å². The summed E-state index contributed by atoms with van der Waals surface area (Å²) in [6.07, 6.45) is 8.85. The normalized spacial score (nSPS) is 28.4. The van der Waals surface area contributed by atoms with Crippen LogP contribution in [0.4, 0.5) is 0 Å². The van der Waals surface area contributed by atoms with Gasteiger partial charge in [0.2, 0.25) is 0 Å². The zero-order valence-electron chi connectivity index (χ0n) is 13.9. The Labute approximate surface area is 130 Å². The molecule has 0 amide bonds. The van der Waals surface area contributed by atoms with E-state index in [2.05, 4.69) is 0 Å². The lowest BCUT2D eigenvalue weighted by Gasteiger charge is -2.28. The highest BCUT2D eigenvalue weighted by Gasteiger charge is 2.46. The zero-order valence-corrected chi connectivity index (χ0v) is 14.9. The molecule has 5 heteroatoms. The summed E-state index contributed by atoms with van der Waals surface area (Å²) in [6, 6.07) is 0.949. The van der Waals surface area contributed by atoms with E-state index in [4.69, 9.17) is 18.0 Å². The molecule has 0 bridgehead atoms. The Hall–Kier alpha value is 0.0569. The molecule has 124 valence electrons. The predicted molar refractivity (Wildman–Crippen MR) is 85.3 cm³/mol. The van der Waals surface area contributed by atoms with Gasteiger partial charge < -0.3 is 18.0 Å². The summed E-state index contributed by atoms with van der Waals surface area (Å²) in [4.78, 5) is 0. The molecule has 2 rings (SSSR count). The van der Waals surface area contributed by atoms with Crippen molar-refractivity contribution < 1.29 is 18.0 Å². The van der Waals surface area contributed by atoms with Crippen molar-refractivity contribution >= 4 is 8.80 Å². The van der Waals surface area contributed by atoms with Gasteiger partial charge in [0.05, 0.1) is 12.2 Å². The first-order valence-corrected chi connectivity index (χ1v) is 10.7. The number of ether oxygens (including phenoxy) is 1. The molecule has 0 radical (unpaired) electrons. The van der Waals surface area contributed by atoms with E-state index >= 15 is 0 Å². The van der Waals surface area contributed by atoms with Gasteiger partial charge in [0.15, 0.2) is 0 Å². The maximum absolute atomic E-state index is 5.90. The Morgan fingerprint density at radius 1 is 0.952 bits per heavy atom. The fourth-order valence-corrected chi connectivity index (χ4v) is 6.29. The second-order valence-electron chi connectivity index (χ2n) is 6.06. The Balaban J connectivity index is 1.70. The minimum atomic E-state index is -2.42. The number of fused-ring (bicyclic) bond motifs is 1. The second kappa shape index (κ2) is 8.63. The van der Waals surface area contributed by atoms with E-state index in [0.29, 0.717) is 32.0 Å². The molecule has 0 aromatic carbocycles. The summed E-state index contributed by atoms with van der Waals surface area (Å²) in [5, 5.41) is 0. The predicted octanol–water partition coefficient (Wildman–Crippen LogP) is 3.77. The zero-order chi connectivity index (χ0) is 15.1. The van der Waals surface area contributed by atoms with E-state index in [-0.39, 0.29) is 0 Å². The average molecular weight is 317 g/mol. The van der Waals surface area contributed by atoms with E-state index in [9.17, 15) is 0 Å². The molecule has 1 saturated heterocycles. The van der Waals surface area contributed by atoms with Gasteiger partial charge in [-0.25, -0.2) is 0 Å². The van der Waals surface area contributed by atoms with E-state index < -0.39 is 8.80 Å². The van der Waals surface area contributed by atoms with Crippen LogP contribution < -0.4 is 0 Å². The molecule has 21 heavy (non-hydrogen) atoms. The van der Waals surface area contributed by atoms with Gasteiger partial charge >= 0.3 is 8.80 Å². The maximum atomic E-state index is 5.90. The quantitative estimate of drug-likeness (QED) is 0.330. The highest BCUT2D eigenvalue weighted by Crippen LogP contribution is 2.42. The van der Waals surface area contributed by atoms with Crippen LogP contribution in [0.3, 0.4) is 0 Å². The number of unbranched alkanes of at least 4 members (excludes halogenated alkanes) is 1. The third-order valence-electron chi connectivity index (χ3n) is 4.55. The number of epoxide rings is 1. The van der Waals surface area contributed by atoms with Crippen molar-refractivity contribution in [2.75, 3.05) is 19.8 Å². The largest absolute Gasteiger partial charge is 0.500 e. The minimum absolute atomic E-state index is 0.589. The Morgan fingerprint density at radius 2 is 1.62 bits per heavy atom. The van der Waals surface area contributed by atoms with Crippen LogP contribution in [-0.4, -0.2) is 40.8 Å². The lowest BCUT2D eigenvalue weighted by atomic mass is 9.86. The lowest BCUT2D eigenvalue weighted by molar-refractivity contribution is 0.0705. The molecule has 4 nitrogen and oxygen atoms in total. The molecule has 2 aliphatic rings.